The van der Waals surface area contributed by atoms with Gasteiger partial charge in [0.25, 0.3) is 0 Å². The van der Waals surface area contributed by atoms with Crippen molar-refractivity contribution in [3.63, 3.8) is 0 Å². The fourth-order valence-electron chi connectivity index (χ4n) is 2.85. The van der Waals surface area contributed by atoms with Crippen molar-refractivity contribution in [3.8, 4) is 0 Å². The van der Waals surface area contributed by atoms with Crippen molar-refractivity contribution in [1.82, 2.24) is 9.80 Å². The molecule has 2 aliphatic rings. The van der Waals surface area contributed by atoms with E-state index in [9.17, 15) is 4.79 Å². The minimum atomic E-state index is 0.226. The van der Waals surface area contributed by atoms with Gasteiger partial charge in [-0.05, 0) is 31.6 Å². The Labute approximate surface area is 116 Å². The first-order valence-electron chi connectivity index (χ1n) is 7.56. The molecule has 0 aromatic rings. The van der Waals surface area contributed by atoms with Crippen LogP contribution in [0.25, 0.3) is 0 Å². The lowest BCUT2D eigenvalue weighted by Crippen LogP contribution is -2.50. The predicted octanol–water partition coefficient (Wildman–Crippen LogP) is 1.28. The van der Waals surface area contributed by atoms with Crippen molar-refractivity contribution in [1.29, 1.82) is 0 Å². The van der Waals surface area contributed by atoms with Crippen LogP contribution in [0.15, 0.2) is 0 Å². The van der Waals surface area contributed by atoms with Crippen LogP contribution in [0.3, 0.4) is 0 Å². The third kappa shape index (κ3) is 4.08. The predicted molar refractivity (Wildman–Crippen MR) is 75.0 cm³/mol. The fraction of sp³-hybridized carbons (Fsp3) is 0.929. The van der Waals surface area contributed by atoms with E-state index in [-0.39, 0.29) is 12.1 Å². The third-order valence-corrected chi connectivity index (χ3v) is 4.24. The van der Waals surface area contributed by atoms with Gasteiger partial charge in [-0.25, -0.2) is 4.79 Å². The van der Waals surface area contributed by atoms with Gasteiger partial charge in [0.15, 0.2) is 0 Å². The van der Waals surface area contributed by atoms with E-state index in [1.54, 1.807) is 0 Å². The maximum absolute atomic E-state index is 12.4. The number of ether oxygens (including phenoxy) is 1. The number of rotatable bonds is 3. The Hall–Kier alpha value is -0.810. The van der Waals surface area contributed by atoms with E-state index in [1.165, 1.54) is 0 Å². The number of hydrogen-bond donors (Lipinski definition) is 1. The fourth-order valence-corrected chi connectivity index (χ4v) is 2.85. The van der Waals surface area contributed by atoms with E-state index in [0.29, 0.717) is 13.2 Å². The Balaban J connectivity index is 1.73. The van der Waals surface area contributed by atoms with Gasteiger partial charge >= 0.3 is 6.03 Å². The molecule has 0 aromatic heterocycles. The van der Waals surface area contributed by atoms with Gasteiger partial charge < -0.3 is 20.3 Å². The molecule has 5 heteroatoms. The molecule has 0 unspecified atom stereocenters. The molecule has 0 spiro atoms. The van der Waals surface area contributed by atoms with Gasteiger partial charge in [0.2, 0.25) is 0 Å². The maximum atomic E-state index is 12.4. The molecule has 2 aliphatic heterocycles. The Morgan fingerprint density at radius 3 is 2.16 bits per heavy atom. The molecule has 2 saturated heterocycles. The largest absolute Gasteiger partial charge is 0.377 e. The second-order valence-electron chi connectivity index (χ2n) is 5.80. The van der Waals surface area contributed by atoms with Gasteiger partial charge in [0.05, 0.1) is 12.7 Å². The molecule has 5 nitrogen and oxygen atoms in total. The molecular weight excluding hydrogens is 242 g/mol. The van der Waals surface area contributed by atoms with Gasteiger partial charge in [0.1, 0.15) is 0 Å². The smallest absolute Gasteiger partial charge is 0.320 e. The monoisotopic (exact) mass is 269 g/mol. The van der Waals surface area contributed by atoms with Gasteiger partial charge in [-0.1, -0.05) is 6.92 Å². The van der Waals surface area contributed by atoms with E-state index < -0.39 is 0 Å². The number of urea groups is 1. The number of likely N-dealkylation sites (tertiary alicyclic amines) is 2. The van der Waals surface area contributed by atoms with E-state index in [1.807, 2.05) is 9.80 Å². The second-order valence-corrected chi connectivity index (χ2v) is 5.80. The van der Waals surface area contributed by atoms with Crippen molar-refractivity contribution in [3.05, 3.63) is 0 Å². The summed E-state index contributed by atoms with van der Waals surface area (Å²) in [5.41, 5.74) is 5.43. The number of amides is 2. The van der Waals surface area contributed by atoms with Crippen molar-refractivity contribution in [2.45, 2.75) is 38.7 Å². The van der Waals surface area contributed by atoms with Gasteiger partial charge in [-0.2, -0.15) is 0 Å². The van der Waals surface area contributed by atoms with Crippen molar-refractivity contribution in [2.24, 2.45) is 11.7 Å². The summed E-state index contributed by atoms with van der Waals surface area (Å²) in [4.78, 5) is 16.4. The lowest BCUT2D eigenvalue weighted by Gasteiger charge is -2.38. The summed E-state index contributed by atoms with van der Waals surface area (Å²) in [6.07, 6.45) is 4.45. The average molecular weight is 269 g/mol. The quantitative estimate of drug-likeness (QED) is 0.839. The minimum Gasteiger partial charge on any atom is -0.377 e. The second kappa shape index (κ2) is 7.10. The standard InChI is InChI=1S/C14H27N3O2/c1-12-2-7-16(8-3-12)14(18)17-9-4-13(5-10-17)19-11-6-15/h12-13H,2-11,15H2,1H3. The first kappa shape index (κ1) is 14.6. The molecule has 0 radical (unpaired) electrons. The number of hydrogen-bond acceptors (Lipinski definition) is 3. The van der Waals surface area contributed by atoms with E-state index in [4.69, 9.17) is 10.5 Å². The molecule has 2 rings (SSSR count). The highest BCUT2D eigenvalue weighted by Gasteiger charge is 2.28. The number of carbonyl (C=O) groups excluding carboxylic acids is 1. The van der Waals surface area contributed by atoms with Gasteiger partial charge in [0, 0.05) is 32.7 Å². The Morgan fingerprint density at radius 1 is 1.11 bits per heavy atom. The zero-order valence-corrected chi connectivity index (χ0v) is 12.0. The minimum absolute atomic E-state index is 0.226. The van der Waals surface area contributed by atoms with Crippen molar-refractivity contribution >= 4 is 6.03 Å². The van der Waals surface area contributed by atoms with Crippen LogP contribution < -0.4 is 5.73 Å². The summed E-state index contributed by atoms with van der Waals surface area (Å²) in [7, 11) is 0. The summed E-state index contributed by atoms with van der Waals surface area (Å²) < 4.78 is 5.64. The lowest BCUT2D eigenvalue weighted by atomic mass is 9.99. The SMILES string of the molecule is CC1CCN(C(=O)N2CCC(OCCN)CC2)CC1. The highest BCUT2D eigenvalue weighted by atomic mass is 16.5. The van der Waals surface area contributed by atoms with E-state index >= 15 is 0 Å². The molecule has 2 fully saturated rings. The molecule has 110 valence electrons. The third-order valence-electron chi connectivity index (χ3n) is 4.24. The number of nitrogens with zero attached hydrogens (tertiary/aromatic N) is 2. The lowest BCUT2D eigenvalue weighted by molar-refractivity contribution is 0.0147. The topological polar surface area (TPSA) is 58.8 Å². The van der Waals surface area contributed by atoms with Crippen molar-refractivity contribution < 1.29 is 9.53 Å². The molecule has 0 aromatic carbocycles. The molecule has 2 N–H and O–H groups in total. The highest BCUT2D eigenvalue weighted by Crippen LogP contribution is 2.20. The van der Waals surface area contributed by atoms with Crippen LogP contribution in [0, 0.1) is 5.92 Å². The Kier molecular flexibility index (Phi) is 5.45. The first-order chi connectivity index (χ1) is 9.20. The zero-order chi connectivity index (χ0) is 13.7. The summed E-state index contributed by atoms with van der Waals surface area (Å²) in [5, 5.41) is 0. The van der Waals surface area contributed by atoms with Crippen LogP contribution in [-0.2, 0) is 4.74 Å². The van der Waals surface area contributed by atoms with E-state index in [2.05, 4.69) is 6.92 Å². The maximum Gasteiger partial charge on any atom is 0.320 e. The number of nitrogens with two attached hydrogens (primary N) is 1. The molecular formula is C14H27N3O2. The van der Waals surface area contributed by atoms with Gasteiger partial charge in [-0.15, -0.1) is 0 Å². The number of piperidine rings is 2. The Morgan fingerprint density at radius 2 is 1.63 bits per heavy atom. The van der Waals surface area contributed by atoms with Crippen LogP contribution in [0.5, 0.6) is 0 Å². The van der Waals surface area contributed by atoms with Gasteiger partial charge in [-0.3, -0.25) is 0 Å². The van der Waals surface area contributed by atoms with Crippen LogP contribution in [0.4, 0.5) is 4.79 Å². The molecule has 0 bridgehead atoms. The summed E-state index contributed by atoms with van der Waals surface area (Å²) >= 11 is 0. The molecule has 0 aliphatic carbocycles. The summed E-state index contributed by atoms with van der Waals surface area (Å²) in [6, 6.07) is 0.226. The molecule has 0 atom stereocenters. The summed E-state index contributed by atoms with van der Waals surface area (Å²) in [5.74, 6) is 0.763. The van der Waals surface area contributed by atoms with Crippen LogP contribution in [0.1, 0.15) is 32.6 Å². The molecule has 2 amide bonds. The Bertz CT molecular complexity index is 282. The van der Waals surface area contributed by atoms with E-state index in [0.717, 1.165) is 57.8 Å². The van der Waals surface area contributed by atoms with Crippen LogP contribution in [0.2, 0.25) is 0 Å². The number of carbonyl (C=O) groups is 1. The zero-order valence-electron chi connectivity index (χ0n) is 12.0. The van der Waals surface area contributed by atoms with Crippen LogP contribution >= 0.6 is 0 Å². The molecule has 0 saturated carbocycles. The van der Waals surface area contributed by atoms with Crippen molar-refractivity contribution in [2.75, 3.05) is 39.3 Å². The molecule has 2 heterocycles. The average Bonchev–Trinajstić information content (AvgIpc) is 2.46. The highest BCUT2D eigenvalue weighted by molar-refractivity contribution is 5.74. The first-order valence-corrected chi connectivity index (χ1v) is 7.56. The summed E-state index contributed by atoms with van der Waals surface area (Å²) in [6.45, 7) is 6.95. The normalized spacial score (nSPS) is 22.8. The molecule has 19 heavy (non-hydrogen) atoms. The van der Waals surface area contributed by atoms with Crippen LogP contribution in [-0.4, -0.2) is 61.3 Å².